The van der Waals surface area contributed by atoms with Gasteiger partial charge in [0.2, 0.25) is 0 Å². The van der Waals surface area contributed by atoms with Crippen LogP contribution in [-0.2, 0) is 10.2 Å². The lowest BCUT2D eigenvalue weighted by Gasteiger charge is -2.44. The van der Waals surface area contributed by atoms with Crippen LogP contribution in [0.15, 0.2) is 30.3 Å². The first-order chi connectivity index (χ1) is 11.9. The maximum Gasteiger partial charge on any atom is 0.412 e. The molecule has 2 fully saturated rings. The Morgan fingerprint density at radius 3 is 2.56 bits per heavy atom. The van der Waals surface area contributed by atoms with Gasteiger partial charge in [0.25, 0.3) is 0 Å². The fourth-order valence-corrected chi connectivity index (χ4v) is 4.53. The van der Waals surface area contributed by atoms with E-state index in [9.17, 15) is 9.90 Å². The number of benzene rings is 1. The van der Waals surface area contributed by atoms with Crippen LogP contribution >= 0.6 is 0 Å². The Bertz CT molecular complexity index is 586. The Hall–Kier alpha value is -1.55. The van der Waals surface area contributed by atoms with Crippen molar-refractivity contribution < 1.29 is 14.6 Å². The van der Waals surface area contributed by atoms with Gasteiger partial charge in [0.05, 0.1) is 0 Å². The molecule has 3 rings (SSSR count). The van der Waals surface area contributed by atoms with Gasteiger partial charge in [-0.05, 0) is 42.6 Å². The number of nitrogens with zero attached hydrogens (tertiary/aromatic N) is 1. The summed E-state index contributed by atoms with van der Waals surface area (Å²) in [6, 6.07) is 10.5. The number of likely N-dealkylation sites (tertiary alicyclic amines) is 1. The quantitative estimate of drug-likeness (QED) is 0.887. The van der Waals surface area contributed by atoms with Gasteiger partial charge in [0.15, 0.2) is 0 Å². The van der Waals surface area contributed by atoms with Crippen LogP contribution in [0.4, 0.5) is 4.79 Å². The van der Waals surface area contributed by atoms with Crippen LogP contribution in [0.1, 0.15) is 58.4 Å². The third kappa shape index (κ3) is 3.84. The van der Waals surface area contributed by atoms with E-state index in [1.165, 1.54) is 16.9 Å². The van der Waals surface area contributed by atoms with Crippen molar-refractivity contribution in [2.75, 3.05) is 6.54 Å². The fraction of sp³-hybridized carbons (Fsp3) is 0.667. The molecule has 2 aliphatic rings. The van der Waals surface area contributed by atoms with Crippen molar-refractivity contribution in [1.29, 1.82) is 0 Å². The van der Waals surface area contributed by atoms with E-state index < -0.39 is 6.23 Å². The molecular formula is C21H31NO3. The Morgan fingerprint density at radius 1 is 1.20 bits per heavy atom. The molecule has 0 aromatic heterocycles. The molecular weight excluding hydrogens is 314 g/mol. The maximum atomic E-state index is 12.6. The second kappa shape index (κ2) is 7.36. The van der Waals surface area contributed by atoms with Gasteiger partial charge in [0, 0.05) is 12.5 Å². The van der Waals surface area contributed by atoms with Gasteiger partial charge < -0.3 is 9.84 Å². The summed E-state index contributed by atoms with van der Waals surface area (Å²) in [5.74, 6) is 0.846. The summed E-state index contributed by atoms with van der Waals surface area (Å²) >= 11 is 0. The van der Waals surface area contributed by atoms with Gasteiger partial charge in [-0.25, -0.2) is 4.79 Å². The molecule has 1 aromatic rings. The van der Waals surface area contributed by atoms with Crippen molar-refractivity contribution >= 4 is 6.09 Å². The third-order valence-corrected chi connectivity index (χ3v) is 6.21. The van der Waals surface area contributed by atoms with Crippen molar-refractivity contribution in [3.8, 4) is 0 Å². The van der Waals surface area contributed by atoms with Crippen LogP contribution in [0.25, 0.3) is 0 Å². The first-order valence-corrected chi connectivity index (χ1v) is 9.60. The molecule has 0 radical (unpaired) electrons. The molecule has 1 aliphatic heterocycles. The Labute approximate surface area is 151 Å². The van der Waals surface area contributed by atoms with Crippen LogP contribution in [0, 0.1) is 11.8 Å². The van der Waals surface area contributed by atoms with Crippen LogP contribution < -0.4 is 0 Å². The van der Waals surface area contributed by atoms with E-state index in [0.717, 1.165) is 19.3 Å². The zero-order valence-electron chi connectivity index (χ0n) is 15.6. The molecule has 1 amide bonds. The van der Waals surface area contributed by atoms with Gasteiger partial charge in [-0.1, -0.05) is 57.5 Å². The molecule has 0 spiro atoms. The molecule has 138 valence electrons. The van der Waals surface area contributed by atoms with Crippen LogP contribution in [-0.4, -0.2) is 35.0 Å². The van der Waals surface area contributed by atoms with Gasteiger partial charge in [-0.3, -0.25) is 4.90 Å². The normalized spacial score (nSPS) is 30.3. The molecule has 4 nitrogen and oxygen atoms in total. The Morgan fingerprint density at radius 2 is 1.92 bits per heavy atom. The predicted molar refractivity (Wildman–Crippen MR) is 98.2 cm³/mol. The van der Waals surface area contributed by atoms with E-state index in [0.29, 0.717) is 18.9 Å². The number of aliphatic hydroxyl groups excluding tert-OH is 1. The molecule has 1 saturated heterocycles. The molecule has 25 heavy (non-hydrogen) atoms. The number of rotatable bonds is 3. The van der Waals surface area contributed by atoms with Crippen molar-refractivity contribution in [3.05, 3.63) is 35.9 Å². The van der Waals surface area contributed by atoms with Gasteiger partial charge >= 0.3 is 6.09 Å². The fourth-order valence-electron chi connectivity index (χ4n) is 4.53. The number of carbonyl (C=O) groups is 1. The lowest BCUT2D eigenvalue weighted by Crippen LogP contribution is -2.46. The molecule has 1 aliphatic carbocycles. The second-order valence-electron chi connectivity index (χ2n) is 8.35. The molecule has 1 heterocycles. The van der Waals surface area contributed by atoms with Crippen molar-refractivity contribution in [2.24, 2.45) is 11.8 Å². The van der Waals surface area contributed by atoms with Crippen LogP contribution in [0.3, 0.4) is 0 Å². The minimum absolute atomic E-state index is 0.0596. The van der Waals surface area contributed by atoms with E-state index in [2.05, 4.69) is 45.0 Å². The van der Waals surface area contributed by atoms with Crippen LogP contribution in [0.2, 0.25) is 0 Å². The summed E-state index contributed by atoms with van der Waals surface area (Å²) in [5.41, 5.74) is 1.23. The first-order valence-electron chi connectivity index (χ1n) is 9.60. The van der Waals surface area contributed by atoms with E-state index >= 15 is 0 Å². The van der Waals surface area contributed by atoms with E-state index in [-0.39, 0.29) is 23.5 Å². The highest BCUT2D eigenvalue weighted by Gasteiger charge is 2.43. The molecule has 4 atom stereocenters. The Balaban J connectivity index is 1.78. The molecule has 1 unspecified atom stereocenters. The lowest BCUT2D eigenvalue weighted by molar-refractivity contribution is -0.0373. The molecule has 4 heteroatoms. The number of ether oxygens (including phenoxy) is 1. The molecule has 1 N–H and O–H groups in total. The Kier molecular flexibility index (Phi) is 5.38. The number of hydrogen-bond donors (Lipinski definition) is 1. The number of hydrogen-bond acceptors (Lipinski definition) is 3. The zero-order chi connectivity index (χ0) is 18.0. The van der Waals surface area contributed by atoms with E-state index in [1.54, 1.807) is 0 Å². The smallest absolute Gasteiger partial charge is 0.412 e. The highest BCUT2D eigenvalue weighted by atomic mass is 16.6. The summed E-state index contributed by atoms with van der Waals surface area (Å²) in [7, 11) is 0. The zero-order valence-corrected chi connectivity index (χ0v) is 15.6. The van der Waals surface area contributed by atoms with E-state index in [1.807, 2.05) is 6.07 Å². The number of aliphatic hydroxyl groups is 1. The summed E-state index contributed by atoms with van der Waals surface area (Å²) < 4.78 is 5.96. The predicted octanol–water partition coefficient (Wildman–Crippen LogP) is 4.32. The molecule has 1 saturated carbocycles. The lowest BCUT2D eigenvalue weighted by atomic mass is 9.64. The first kappa shape index (κ1) is 18.2. The largest absolute Gasteiger partial charge is 0.446 e. The van der Waals surface area contributed by atoms with Crippen molar-refractivity contribution in [1.82, 2.24) is 4.90 Å². The van der Waals surface area contributed by atoms with Crippen LogP contribution in [0.5, 0.6) is 0 Å². The average Bonchev–Trinajstić information content (AvgIpc) is 3.01. The summed E-state index contributed by atoms with van der Waals surface area (Å²) in [6.07, 6.45) is 3.48. The minimum atomic E-state index is -0.686. The minimum Gasteiger partial charge on any atom is -0.446 e. The average molecular weight is 345 g/mol. The van der Waals surface area contributed by atoms with Gasteiger partial charge in [-0.2, -0.15) is 0 Å². The van der Waals surface area contributed by atoms with Crippen molar-refractivity contribution in [3.63, 3.8) is 0 Å². The maximum absolute atomic E-state index is 12.6. The summed E-state index contributed by atoms with van der Waals surface area (Å²) in [6.45, 7) is 7.34. The summed E-state index contributed by atoms with van der Waals surface area (Å²) in [4.78, 5) is 14.1. The SMILES string of the molecule is C[C@H]1CC[C@H](C(C)(C)c2ccccc2)[C@@H](OC(=O)N2CCCC2O)C1. The van der Waals surface area contributed by atoms with Gasteiger partial charge in [-0.15, -0.1) is 0 Å². The highest BCUT2D eigenvalue weighted by Crippen LogP contribution is 2.43. The summed E-state index contributed by atoms with van der Waals surface area (Å²) in [5, 5.41) is 9.97. The highest BCUT2D eigenvalue weighted by molar-refractivity contribution is 5.68. The molecule has 0 bridgehead atoms. The number of carbonyl (C=O) groups excluding carboxylic acids is 1. The number of amides is 1. The van der Waals surface area contributed by atoms with Gasteiger partial charge in [0.1, 0.15) is 12.3 Å². The van der Waals surface area contributed by atoms with E-state index in [4.69, 9.17) is 4.74 Å². The standard InChI is InChI=1S/C21H31NO3/c1-15-11-12-17(21(2,3)16-8-5-4-6-9-16)18(14-15)25-20(24)22-13-7-10-19(22)23/h4-6,8-9,15,17-19,23H,7,10-14H2,1-3H3/t15-,17-,18-,19?/m0/s1. The monoisotopic (exact) mass is 345 g/mol. The molecule has 1 aromatic carbocycles. The van der Waals surface area contributed by atoms with Crippen molar-refractivity contribution in [2.45, 2.75) is 70.6 Å². The second-order valence-corrected chi connectivity index (χ2v) is 8.35. The third-order valence-electron chi connectivity index (χ3n) is 6.21. The topological polar surface area (TPSA) is 49.8 Å².